The molecule has 1 saturated carbocycles. The summed E-state index contributed by atoms with van der Waals surface area (Å²) < 4.78 is 5.92. The normalized spacial score (nSPS) is 18.5. The number of ether oxygens (including phenoxy) is 1. The number of phenols is 1. The van der Waals surface area contributed by atoms with Crippen LogP contribution in [-0.2, 0) is 22.5 Å². The van der Waals surface area contributed by atoms with Gasteiger partial charge < -0.3 is 30.2 Å². The van der Waals surface area contributed by atoms with Gasteiger partial charge in [0.05, 0.1) is 17.3 Å². The number of H-pyrrole nitrogens is 1. The quantitative estimate of drug-likeness (QED) is 0.0862. The van der Waals surface area contributed by atoms with Gasteiger partial charge >= 0.3 is 6.09 Å². The standard InChI is InChI=1S/C44H49N5O6/c1-48(21-20-45-25-40(51)36-15-17-39(50)43-37(36)16-18-41(52)47-43)42(53)19-14-29-8-7-9-30(22-29)26-49-27-32-23-34(24-33(32)28-49)55-44(54)46-38-13-6-5-12-35(38)31-10-3-2-4-11-31/h2-13,15-18,22,32-34,40,45,50-51H,14,19-21,23-28H2,1H3,(H,46,54)(H,47,52)/t32-,33+,34+,40-/m0/s1. The molecule has 2 heterocycles. The van der Waals surface area contributed by atoms with Gasteiger partial charge in [-0.1, -0.05) is 78.9 Å². The van der Waals surface area contributed by atoms with Crippen LogP contribution in [0.25, 0.3) is 22.0 Å². The molecule has 4 aromatic carbocycles. The summed E-state index contributed by atoms with van der Waals surface area (Å²) >= 11 is 0. The van der Waals surface area contributed by atoms with Crippen molar-refractivity contribution in [3.8, 4) is 16.9 Å². The highest BCUT2D eigenvalue weighted by molar-refractivity contribution is 5.91. The number of aliphatic hydroxyl groups is 1. The first-order valence-electron chi connectivity index (χ1n) is 19.1. The number of amides is 2. The smallest absolute Gasteiger partial charge is 0.411 e. The number of fused-ring (bicyclic) bond motifs is 2. The van der Waals surface area contributed by atoms with Crippen molar-refractivity contribution in [1.29, 1.82) is 0 Å². The number of pyridine rings is 1. The third-order valence-electron chi connectivity index (χ3n) is 11.0. The Hall–Kier alpha value is -5.49. The Balaban J connectivity index is 0.810. The number of para-hydroxylation sites is 1. The number of aromatic amines is 1. The molecule has 1 aliphatic heterocycles. The number of rotatable bonds is 14. The highest BCUT2D eigenvalue weighted by Gasteiger charge is 2.42. The van der Waals surface area contributed by atoms with Crippen molar-refractivity contribution in [1.82, 2.24) is 20.1 Å². The predicted molar refractivity (Wildman–Crippen MR) is 214 cm³/mol. The molecule has 1 aliphatic carbocycles. The van der Waals surface area contributed by atoms with E-state index in [0.717, 1.165) is 54.9 Å². The molecule has 11 nitrogen and oxygen atoms in total. The molecule has 0 radical (unpaired) electrons. The average Bonchev–Trinajstić information content (AvgIpc) is 3.74. The number of carbonyl (C=O) groups excluding carboxylic acids is 2. The largest absolute Gasteiger partial charge is 0.506 e. The number of likely N-dealkylation sites (tertiary alicyclic amines) is 1. The van der Waals surface area contributed by atoms with E-state index in [2.05, 4.69) is 44.8 Å². The van der Waals surface area contributed by atoms with Crippen molar-refractivity contribution in [2.75, 3.05) is 45.1 Å². The number of benzene rings is 4. The third kappa shape index (κ3) is 9.43. The highest BCUT2D eigenvalue weighted by atomic mass is 16.6. The molecule has 0 unspecified atom stereocenters. The topological polar surface area (TPSA) is 147 Å². The lowest BCUT2D eigenvalue weighted by Crippen LogP contribution is -2.35. The van der Waals surface area contributed by atoms with Crippen LogP contribution in [0.5, 0.6) is 5.75 Å². The van der Waals surface area contributed by atoms with Gasteiger partial charge in [-0.15, -0.1) is 0 Å². The van der Waals surface area contributed by atoms with Crippen molar-refractivity contribution >= 4 is 28.6 Å². The van der Waals surface area contributed by atoms with Crippen molar-refractivity contribution in [2.45, 2.75) is 44.4 Å². The Morgan fingerprint density at radius 1 is 0.927 bits per heavy atom. The molecular weight excluding hydrogens is 695 g/mol. The van der Waals surface area contributed by atoms with Crippen LogP contribution < -0.4 is 16.2 Å². The second kappa shape index (κ2) is 17.3. The second-order valence-corrected chi connectivity index (χ2v) is 14.9. The number of aryl methyl sites for hydroxylation is 1. The molecule has 2 aliphatic rings. The summed E-state index contributed by atoms with van der Waals surface area (Å²) in [6.07, 6.45) is 1.46. The van der Waals surface area contributed by atoms with Gasteiger partial charge in [0.1, 0.15) is 11.9 Å². The monoisotopic (exact) mass is 743 g/mol. The molecule has 0 bridgehead atoms. The second-order valence-electron chi connectivity index (χ2n) is 14.9. The average molecular weight is 744 g/mol. The number of aliphatic hydroxyl groups excluding tert-OH is 1. The maximum atomic E-state index is 13.0. The zero-order valence-corrected chi connectivity index (χ0v) is 31.1. The summed E-state index contributed by atoms with van der Waals surface area (Å²) in [6, 6.07) is 32.4. The van der Waals surface area contributed by atoms with Gasteiger partial charge in [0.2, 0.25) is 11.5 Å². The Morgan fingerprint density at radius 2 is 1.67 bits per heavy atom. The summed E-state index contributed by atoms with van der Waals surface area (Å²) in [5.74, 6) is 1.01. The summed E-state index contributed by atoms with van der Waals surface area (Å²) in [4.78, 5) is 44.4. The number of aromatic nitrogens is 1. The number of hydrogen-bond acceptors (Lipinski definition) is 8. The van der Waals surface area contributed by atoms with Crippen LogP contribution in [-0.4, -0.2) is 82.9 Å². The number of anilines is 1. The molecule has 0 spiro atoms. The Labute approximate surface area is 321 Å². The molecule has 5 aromatic rings. The van der Waals surface area contributed by atoms with Crippen LogP contribution in [0, 0.1) is 11.8 Å². The highest BCUT2D eigenvalue weighted by Crippen LogP contribution is 2.40. The minimum atomic E-state index is -0.860. The number of nitrogens with one attached hydrogen (secondary N) is 3. The number of hydrogen-bond donors (Lipinski definition) is 5. The maximum absolute atomic E-state index is 13.0. The van der Waals surface area contributed by atoms with Gasteiger partial charge in [0, 0.05) is 69.8 Å². The van der Waals surface area contributed by atoms with E-state index in [1.807, 2.05) is 54.6 Å². The lowest BCUT2D eigenvalue weighted by molar-refractivity contribution is -0.129. The van der Waals surface area contributed by atoms with Gasteiger partial charge in [-0.05, 0) is 71.6 Å². The SMILES string of the molecule is CN(CCNC[C@H](O)c1ccc(O)c2[nH]c(=O)ccc12)C(=O)CCc1cccc(CN2C[C@H]3C[C@H](OC(=O)Nc4ccccc4-c4ccccc4)C[C@H]3C2)c1. The van der Waals surface area contributed by atoms with E-state index in [1.165, 1.54) is 17.7 Å². The Kier molecular flexibility index (Phi) is 11.9. The van der Waals surface area contributed by atoms with Crippen molar-refractivity contribution in [2.24, 2.45) is 11.8 Å². The first-order valence-corrected chi connectivity index (χ1v) is 19.1. The van der Waals surface area contributed by atoms with Crippen LogP contribution in [0.15, 0.2) is 108 Å². The van der Waals surface area contributed by atoms with E-state index in [-0.39, 0.29) is 29.9 Å². The molecule has 2 amide bonds. The lowest BCUT2D eigenvalue weighted by atomic mass is 10.0. The lowest BCUT2D eigenvalue weighted by Gasteiger charge is -2.20. The molecule has 5 N–H and O–H groups in total. The van der Waals surface area contributed by atoms with E-state index in [1.54, 1.807) is 24.1 Å². The molecular formula is C44H49N5O6. The van der Waals surface area contributed by atoms with Crippen LogP contribution in [0.2, 0.25) is 0 Å². The molecule has 2 fully saturated rings. The fraction of sp³-hybridized carbons (Fsp3) is 0.341. The Morgan fingerprint density at radius 3 is 2.47 bits per heavy atom. The van der Waals surface area contributed by atoms with Crippen LogP contribution >= 0.6 is 0 Å². The maximum Gasteiger partial charge on any atom is 0.411 e. The van der Waals surface area contributed by atoms with E-state index in [0.29, 0.717) is 54.2 Å². The molecule has 4 atom stereocenters. The summed E-state index contributed by atoms with van der Waals surface area (Å²) in [5, 5.41) is 27.7. The van der Waals surface area contributed by atoms with Crippen LogP contribution in [0.3, 0.4) is 0 Å². The first kappa shape index (κ1) is 37.8. The van der Waals surface area contributed by atoms with Gasteiger partial charge in [0.25, 0.3) is 0 Å². The summed E-state index contributed by atoms with van der Waals surface area (Å²) in [5.41, 5.74) is 5.68. The zero-order valence-electron chi connectivity index (χ0n) is 31.1. The molecule has 11 heteroatoms. The number of carbonyl (C=O) groups is 2. The molecule has 7 rings (SSSR count). The van der Waals surface area contributed by atoms with Crippen molar-refractivity contribution in [3.05, 3.63) is 130 Å². The third-order valence-corrected chi connectivity index (χ3v) is 11.0. The van der Waals surface area contributed by atoms with Crippen LogP contribution in [0.1, 0.15) is 42.1 Å². The van der Waals surface area contributed by atoms with Crippen molar-refractivity contribution < 1.29 is 24.5 Å². The summed E-state index contributed by atoms with van der Waals surface area (Å²) in [6.45, 7) is 4.06. The number of phenolic OH excluding ortho intramolecular Hbond substituents is 1. The molecule has 1 saturated heterocycles. The minimum Gasteiger partial charge on any atom is -0.506 e. The van der Waals surface area contributed by atoms with E-state index >= 15 is 0 Å². The van der Waals surface area contributed by atoms with Gasteiger partial charge in [-0.3, -0.25) is 19.8 Å². The fourth-order valence-corrected chi connectivity index (χ4v) is 8.17. The van der Waals surface area contributed by atoms with Gasteiger partial charge in [-0.2, -0.15) is 0 Å². The molecule has 286 valence electrons. The first-order chi connectivity index (χ1) is 26.7. The zero-order chi connectivity index (χ0) is 38.3. The van der Waals surface area contributed by atoms with Gasteiger partial charge in [-0.25, -0.2) is 4.79 Å². The van der Waals surface area contributed by atoms with Crippen molar-refractivity contribution in [3.63, 3.8) is 0 Å². The Bertz CT molecular complexity index is 2160. The molecule has 1 aromatic heterocycles. The van der Waals surface area contributed by atoms with Gasteiger partial charge in [0.15, 0.2) is 0 Å². The van der Waals surface area contributed by atoms with E-state index in [4.69, 9.17) is 4.74 Å². The molecule has 55 heavy (non-hydrogen) atoms. The fourth-order valence-electron chi connectivity index (χ4n) is 8.17. The number of aromatic hydroxyl groups is 1. The predicted octanol–water partition coefficient (Wildman–Crippen LogP) is 6.07. The summed E-state index contributed by atoms with van der Waals surface area (Å²) in [7, 11) is 1.79. The van der Waals surface area contributed by atoms with E-state index in [9.17, 15) is 24.6 Å². The minimum absolute atomic E-state index is 0.0516. The van der Waals surface area contributed by atoms with Crippen LogP contribution in [0.4, 0.5) is 10.5 Å². The van der Waals surface area contributed by atoms with E-state index < -0.39 is 12.2 Å². The number of likely N-dealkylation sites (N-methyl/N-ethyl adjacent to an activating group) is 1. The number of nitrogens with zero attached hydrogens (tertiary/aromatic N) is 2.